The van der Waals surface area contributed by atoms with Crippen molar-refractivity contribution in [1.82, 2.24) is 18.6 Å². The van der Waals surface area contributed by atoms with Crippen molar-refractivity contribution in [3.63, 3.8) is 0 Å². The summed E-state index contributed by atoms with van der Waals surface area (Å²) >= 11 is 13.4. The third-order valence-electron chi connectivity index (χ3n) is 5.75. The molecule has 3 N–H and O–H groups in total. The van der Waals surface area contributed by atoms with E-state index in [1.165, 1.54) is 0 Å². The second kappa shape index (κ2) is 10.6. The van der Waals surface area contributed by atoms with Crippen LogP contribution in [0.1, 0.15) is 10.4 Å². The van der Waals surface area contributed by atoms with E-state index in [1.54, 1.807) is 47.5 Å². The number of pyridine rings is 1. The lowest BCUT2D eigenvalue weighted by Crippen LogP contribution is -2.49. The first-order valence-electron chi connectivity index (χ1n) is 11.1. The Morgan fingerprint density at radius 2 is 1.58 bits per heavy atom. The van der Waals surface area contributed by atoms with Gasteiger partial charge < -0.3 is 25.5 Å². The number of carbonyl (C=O) groups excluding carboxylic acids is 1. The van der Waals surface area contributed by atoms with Crippen molar-refractivity contribution in [3.05, 3.63) is 76.4 Å². The summed E-state index contributed by atoms with van der Waals surface area (Å²) in [6.45, 7) is 2.37. The lowest BCUT2D eigenvalue weighted by Gasteiger charge is -2.35. The average molecular weight is 542 g/mol. The van der Waals surface area contributed by atoms with Crippen molar-refractivity contribution in [1.29, 1.82) is 0 Å². The van der Waals surface area contributed by atoms with Crippen LogP contribution in [-0.4, -0.2) is 55.8 Å². The summed E-state index contributed by atoms with van der Waals surface area (Å²) in [5, 5.41) is 17.9. The standard InChI is InChI=1S/C24H21Cl2N7O2S/c25-16-6-4-7-17(20(16)26)28-22-23(31-36-30-22)29-18-8-3-5-15(21(18)34)24(35)33-13-11-32(12-14-33)19-9-1-2-10-27-19/h1-10,34H,11-14H2,(H,28,30)(H,29,31). The van der Waals surface area contributed by atoms with Crippen LogP contribution in [0.5, 0.6) is 5.75 Å². The Balaban J connectivity index is 1.29. The summed E-state index contributed by atoms with van der Waals surface area (Å²) in [5.41, 5.74) is 1.11. The Morgan fingerprint density at radius 3 is 2.31 bits per heavy atom. The number of hydrogen-bond acceptors (Lipinski definition) is 9. The maximum atomic E-state index is 13.2. The minimum Gasteiger partial charge on any atom is -0.505 e. The predicted molar refractivity (Wildman–Crippen MR) is 143 cm³/mol. The van der Waals surface area contributed by atoms with Gasteiger partial charge in [0.1, 0.15) is 5.82 Å². The topological polar surface area (TPSA) is 107 Å². The molecule has 1 aliphatic rings. The molecular formula is C24H21Cl2N7O2S. The van der Waals surface area contributed by atoms with E-state index in [4.69, 9.17) is 23.2 Å². The van der Waals surface area contributed by atoms with Gasteiger partial charge in [-0.3, -0.25) is 4.79 Å². The first kappa shape index (κ1) is 24.1. The molecule has 0 spiro atoms. The van der Waals surface area contributed by atoms with E-state index in [0.717, 1.165) is 17.5 Å². The second-order valence-electron chi connectivity index (χ2n) is 7.98. The third-order valence-corrected chi connectivity index (χ3v) is 7.10. The fourth-order valence-corrected chi connectivity index (χ4v) is 4.69. The number of anilines is 5. The molecule has 9 nitrogen and oxygen atoms in total. The number of phenolic OH excluding ortho intramolecular Hbond substituents is 1. The minimum atomic E-state index is -0.239. The van der Waals surface area contributed by atoms with Crippen LogP contribution in [0.15, 0.2) is 60.8 Å². The summed E-state index contributed by atoms with van der Waals surface area (Å²) in [5.74, 6) is 1.27. The molecule has 0 unspecified atom stereocenters. The van der Waals surface area contributed by atoms with Gasteiger partial charge in [-0.1, -0.05) is 41.4 Å². The van der Waals surface area contributed by atoms with Crippen molar-refractivity contribution in [2.24, 2.45) is 0 Å². The second-order valence-corrected chi connectivity index (χ2v) is 9.30. The fraction of sp³-hybridized carbons (Fsp3) is 0.167. The van der Waals surface area contributed by atoms with Crippen molar-refractivity contribution in [2.45, 2.75) is 0 Å². The molecule has 0 saturated carbocycles. The smallest absolute Gasteiger partial charge is 0.257 e. The van der Waals surface area contributed by atoms with E-state index in [2.05, 4.69) is 29.3 Å². The summed E-state index contributed by atoms with van der Waals surface area (Å²) < 4.78 is 8.53. The number of para-hydroxylation sites is 1. The normalized spacial score (nSPS) is 13.5. The molecule has 5 rings (SSSR count). The van der Waals surface area contributed by atoms with Gasteiger partial charge in [-0.15, -0.1) is 0 Å². The molecule has 4 aromatic rings. The molecule has 2 aromatic carbocycles. The van der Waals surface area contributed by atoms with Crippen molar-refractivity contribution in [2.75, 3.05) is 41.7 Å². The van der Waals surface area contributed by atoms with Crippen LogP contribution in [0.25, 0.3) is 0 Å². The number of nitrogens with zero attached hydrogens (tertiary/aromatic N) is 5. The van der Waals surface area contributed by atoms with Crippen LogP contribution in [0.3, 0.4) is 0 Å². The molecule has 1 saturated heterocycles. The van der Waals surface area contributed by atoms with E-state index in [9.17, 15) is 9.90 Å². The quantitative estimate of drug-likeness (QED) is 0.279. The molecule has 1 aliphatic heterocycles. The highest BCUT2D eigenvalue weighted by atomic mass is 35.5. The van der Waals surface area contributed by atoms with E-state index in [0.29, 0.717) is 59.2 Å². The highest BCUT2D eigenvalue weighted by Gasteiger charge is 2.25. The van der Waals surface area contributed by atoms with Gasteiger partial charge in [-0.2, -0.15) is 8.75 Å². The van der Waals surface area contributed by atoms with Gasteiger partial charge in [0.15, 0.2) is 17.4 Å². The number of benzene rings is 2. The highest BCUT2D eigenvalue weighted by molar-refractivity contribution is 6.99. The SMILES string of the molecule is O=C(c1cccc(Nc2nsnc2Nc2cccc(Cl)c2Cl)c1O)N1CCN(c2ccccn2)CC1. The Hall–Kier alpha value is -3.60. The zero-order valence-electron chi connectivity index (χ0n) is 18.9. The number of aromatic nitrogens is 3. The molecule has 0 radical (unpaired) electrons. The summed E-state index contributed by atoms with van der Waals surface area (Å²) in [4.78, 5) is 21.5. The Kier molecular flexibility index (Phi) is 7.08. The van der Waals surface area contributed by atoms with Crippen LogP contribution in [0, 0.1) is 0 Å². The number of carbonyl (C=O) groups is 1. The molecule has 12 heteroatoms. The van der Waals surface area contributed by atoms with Crippen LogP contribution >= 0.6 is 34.9 Å². The van der Waals surface area contributed by atoms with Crippen LogP contribution in [-0.2, 0) is 0 Å². The lowest BCUT2D eigenvalue weighted by molar-refractivity contribution is 0.0743. The molecule has 2 aromatic heterocycles. The monoisotopic (exact) mass is 541 g/mol. The van der Waals surface area contributed by atoms with E-state index in [1.807, 2.05) is 18.2 Å². The van der Waals surface area contributed by atoms with Gasteiger partial charge in [0.25, 0.3) is 5.91 Å². The number of piperazine rings is 1. The molecule has 0 atom stereocenters. The molecular weight excluding hydrogens is 521 g/mol. The molecule has 0 aliphatic carbocycles. The van der Waals surface area contributed by atoms with E-state index < -0.39 is 0 Å². The predicted octanol–water partition coefficient (Wildman–Crippen LogP) is 5.40. The van der Waals surface area contributed by atoms with Crippen molar-refractivity contribution < 1.29 is 9.90 Å². The number of halogens is 2. The molecule has 1 fully saturated rings. The van der Waals surface area contributed by atoms with Gasteiger partial charge in [-0.05, 0) is 36.4 Å². The zero-order valence-corrected chi connectivity index (χ0v) is 21.2. The number of rotatable bonds is 6. The van der Waals surface area contributed by atoms with Crippen molar-refractivity contribution in [3.8, 4) is 5.75 Å². The van der Waals surface area contributed by atoms with Crippen LogP contribution in [0.4, 0.5) is 28.8 Å². The number of phenols is 1. The van der Waals surface area contributed by atoms with Crippen LogP contribution in [0.2, 0.25) is 10.0 Å². The number of aromatic hydroxyl groups is 1. The van der Waals surface area contributed by atoms with E-state index >= 15 is 0 Å². The summed E-state index contributed by atoms with van der Waals surface area (Å²) in [7, 11) is 0. The lowest BCUT2D eigenvalue weighted by atomic mass is 10.1. The maximum Gasteiger partial charge on any atom is 0.257 e. The summed E-state index contributed by atoms with van der Waals surface area (Å²) in [6, 6.07) is 16.0. The highest BCUT2D eigenvalue weighted by Crippen LogP contribution is 2.36. The zero-order chi connectivity index (χ0) is 25.1. The molecule has 184 valence electrons. The molecule has 1 amide bonds. The van der Waals surface area contributed by atoms with Gasteiger partial charge in [-0.25, -0.2) is 4.98 Å². The minimum absolute atomic E-state index is 0.158. The largest absolute Gasteiger partial charge is 0.505 e. The average Bonchev–Trinajstić information content (AvgIpc) is 3.34. The first-order chi connectivity index (χ1) is 17.5. The van der Waals surface area contributed by atoms with Gasteiger partial charge >= 0.3 is 0 Å². The molecule has 0 bridgehead atoms. The Labute approximate surface area is 221 Å². The number of hydrogen-bond donors (Lipinski definition) is 3. The fourth-order valence-electron chi connectivity index (χ4n) is 3.87. The number of amides is 1. The Bertz CT molecular complexity index is 1380. The van der Waals surface area contributed by atoms with Gasteiger partial charge in [0.05, 0.1) is 38.7 Å². The third kappa shape index (κ3) is 5.01. The Morgan fingerprint density at radius 1 is 0.889 bits per heavy atom. The van der Waals surface area contributed by atoms with Gasteiger partial charge in [0, 0.05) is 32.4 Å². The van der Waals surface area contributed by atoms with Crippen LogP contribution < -0.4 is 15.5 Å². The maximum absolute atomic E-state index is 13.2. The van der Waals surface area contributed by atoms with Crippen molar-refractivity contribution >= 4 is 69.7 Å². The molecule has 36 heavy (non-hydrogen) atoms. The summed E-state index contributed by atoms with van der Waals surface area (Å²) in [6.07, 6.45) is 1.76. The molecule has 3 heterocycles. The van der Waals surface area contributed by atoms with Gasteiger partial charge in [0.2, 0.25) is 0 Å². The van der Waals surface area contributed by atoms with E-state index in [-0.39, 0.29) is 17.2 Å². The number of nitrogens with one attached hydrogen (secondary N) is 2. The first-order valence-corrected chi connectivity index (χ1v) is 12.6.